The highest BCUT2D eigenvalue weighted by molar-refractivity contribution is 7.91. The van der Waals surface area contributed by atoms with Gasteiger partial charge in [-0.05, 0) is 48.9 Å². The maximum atomic E-state index is 12.7. The summed E-state index contributed by atoms with van der Waals surface area (Å²) in [5.74, 6) is 0.983. The summed E-state index contributed by atoms with van der Waals surface area (Å²) in [6.45, 7) is 8.54. The van der Waals surface area contributed by atoms with Gasteiger partial charge in [-0.25, -0.2) is 8.42 Å². The first-order chi connectivity index (χ1) is 14.2. The van der Waals surface area contributed by atoms with Crippen LogP contribution in [0, 0.1) is 5.92 Å². The number of hydrogen-bond acceptors (Lipinski definition) is 6. The molecule has 9 heteroatoms. The van der Waals surface area contributed by atoms with E-state index >= 15 is 0 Å². The Balaban J connectivity index is 2.17. The fourth-order valence-electron chi connectivity index (χ4n) is 2.97. The molecule has 1 unspecified atom stereocenters. The van der Waals surface area contributed by atoms with Crippen LogP contribution in [-0.2, 0) is 14.8 Å². The lowest BCUT2D eigenvalue weighted by Crippen LogP contribution is -2.40. The molecule has 0 saturated heterocycles. The van der Waals surface area contributed by atoms with E-state index in [1.54, 1.807) is 11.4 Å². The summed E-state index contributed by atoms with van der Waals surface area (Å²) in [6.07, 6.45) is 0. The molecule has 1 heterocycles. The summed E-state index contributed by atoms with van der Waals surface area (Å²) >= 11 is 1.13. The third-order valence-electron chi connectivity index (χ3n) is 4.44. The van der Waals surface area contributed by atoms with E-state index in [0.29, 0.717) is 24.7 Å². The molecule has 2 rings (SSSR count). The fourth-order valence-corrected chi connectivity index (χ4v) is 5.29. The number of ether oxygens (including phenoxy) is 2. The number of amides is 1. The van der Waals surface area contributed by atoms with Crippen molar-refractivity contribution in [1.82, 2.24) is 9.62 Å². The lowest BCUT2D eigenvalue weighted by Gasteiger charge is -2.25. The number of rotatable bonds is 11. The molecule has 166 valence electrons. The Kier molecular flexibility index (Phi) is 8.69. The summed E-state index contributed by atoms with van der Waals surface area (Å²) in [5, 5.41) is 4.66. The van der Waals surface area contributed by atoms with Crippen molar-refractivity contribution in [3.63, 3.8) is 0 Å². The van der Waals surface area contributed by atoms with Crippen LogP contribution in [0.4, 0.5) is 0 Å². The molecule has 30 heavy (non-hydrogen) atoms. The van der Waals surface area contributed by atoms with Crippen molar-refractivity contribution in [2.75, 3.05) is 26.8 Å². The minimum atomic E-state index is -3.68. The molecule has 2 aromatic rings. The summed E-state index contributed by atoms with van der Waals surface area (Å²) < 4.78 is 37.7. The highest BCUT2D eigenvalue weighted by atomic mass is 32.2. The van der Waals surface area contributed by atoms with E-state index in [1.165, 1.54) is 13.1 Å². The SMILES string of the molecule is CCOc1ccc(C(NC(=O)CN(C)S(=O)(=O)c2cccs2)C(C)C)cc1OCC. The average molecular weight is 455 g/mol. The highest BCUT2D eigenvalue weighted by Gasteiger charge is 2.26. The zero-order chi connectivity index (χ0) is 22.3. The number of likely N-dealkylation sites (N-methyl/N-ethyl adjacent to an activating group) is 1. The Hall–Kier alpha value is -2.10. The molecule has 0 saturated carbocycles. The van der Waals surface area contributed by atoms with Gasteiger partial charge in [0.15, 0.2) is 11.5 Å². The van der Waals surface area contributed by atoms with Gasteiger partial charge in [0, 0.05) is 7.05 Å². The summed E-state index contributed by atoms with van der Waals surface area (Å²) in [6, 6.07) is 8.49. The van der Waals surface area contributed by atoms with E-state index in [0.717, 1.165) is 21.2 Å². The average Bonchev–Trinajstić information content (AvgIpc) is 3.23. The largest absolute Gasteiger partial charge is 0.490 e. The quantitative estimate of drug-likeness (QED) is 0.560. The van der Waals surface area contributed by atoms with Crippen molar-refractivity contribution in [2.24, 2.45) is 5.92 Å². The monoisotopic (exact) mass is 454 g/mol. The van der Waals surface area contributed by atoms with Gasteiger partial charge in [-0.15, -0.1) is 11.3 Å². The van der Waals surface area contributed by atoms with Crippen molar-refractivity contribution < 1.29 is 22.7 Å². The Bertz CT molecular complexity index is 927. The number of hydrogen-bond donors (Lipinski definition) is 1. The smallest absolute Gasteiger partial charge is 0.252 e. The van der Waals surface area contributed by atoms with Crippen molar-refractivity contribution >= 4 is 27.3 Å². The second kappa shape index (κ2) is 10.8. The molecule has 0 fully saturated rings. The molecule has 1 aromatic heterocycles. The van der Waals surface area contributed by atoms with Gasteiger partial charge in [-0.3, -0.25) is 4.79 Å². The maximum absolute atomic E-state index is 12.7. The molecule has 0 aliphatic rings. The predicted octanol–water partition coefficient (Wildman–Crippen LogP) is 3.68. The lowest BCUT2D eigenvalue weighted by atomic mass is 9.95. The molecule has 1 aromatic carbocycles. The number of carbonyl (C=O) groups is 1. The molecular weight excluding hydrogens is 424 g/mol. The normalized spacial score (nSPS) is 12.8. The molecule has 0 radical (unpaired) electrons. The second-order valence-electron chi connectivity index (χ2n) is 7.05. The van der Waals surface area contributed by atoms with Crippen molar-refractivity contribution in [2.45, 2.75) is 37.9 Å². The van der Waals surface area contributed by atoms with E-state index in [4.69, 9.17) is 9.47 Å². The van der Waals surface area contributed by atoms with Crippen LogP contribution in [0.15, 0.2) is 39.9 Å². The molecule has 1 atom stereocenters. The standard InChI is InChI=1S/C21H30N2O5S2/c1-6-27-17-11-10-16(13-18(17)28-7-2)21(15(3)4)22-19(24)14-23(5)30(25,26)20-9-8-12-29-20/h8-13,15,21H,6-7,14H2,1-5H3,(H,22,24). The zero-order valence-electron chi connectivity index (χ0n) is 18.0. The number of nitrogens with zero attached hydrogens (tertiary/aromatic N) is 1. The minimum Gasteiger partial charge on any atom is -0.490 e. The van der Waals surface area contributed by atoms with Crippen LogP contribution in [-0.4, -0.2) is 45.4 Å². The minimum absolute atomic E-state index is 0.0839. The van der Waals surface area contributed by atoms with E-state index in [1.807, 2.05) is 45.9 Å². The number of carbonyl (C=O) groups excluding carboxylic acids is 1. The van der Waals surface area contributed by atoms with Gasteiger partial charge in [-0.2, -0.15) is 4.31 Å². The second-order valence-corrected chi connectivity index (χ2v) is 10.3. The van der Waals surface area contributed by atoms with Gasteiger partial charge in [-0.1, -0.05) is 26.0 Å². The van der Waals surface area contributed by atoms with E-state index in [-0.39, 0.29) is 28.6 Å². The van der Waals surface area contributed by atoms with E-state index in [9.17, 15) is 13.2 Å². The van der Waals surface area contributed by atoms with Crippen LogP contribution < -0.4 is 14.8 Å². The van der Waals surface area contributed by atoms with Crippen LogP contribution in [0.5, 0.6) is 11.5 Å². The van der Waals surface area contributed by atoms with Crippen LogP contribution in [0.2, 0.25) is 0 Å². The van der Waals surface area contributed by atoms with Crippen molar-refractivity contribution in [3.05, 3.63) is 41.3 Å². The molecule has 1 amide bonds. The Labute approximate surface area is 183 Å². The van der Waals surface area contributed by atoms with Gasteiger partial charge >= 0.3 is 0 Å². The number of benzene rings is 1. The molecule has 0 bridgehead atoms. The zero-order valence-corrected chi connectivity index (χ0v) is 19.7. The first-order valence-corrected chi connectivity index (χ1v) is 12.2. The molecule has 1 N–H and O–H groups in total. The topological polar surface area (TPSA) is 84.9 Å². The maximum Gasteiger partial charge on any atom is 0.252 e. The highest BCUT2D eigenvalue weighted by Crippen LogP contribution is 2.33. The van der Waals surface area contributed by atoms with Crippen molar-refractivity contribution in [3.8, 4) is 11.5 Å². The Morgan fingerprint density at radius 1 is 1.13 bits per heavy atom. The Morgan fingerprint density at radius 2 is 1.80 bits per heavy atom. The molecule has 0 aliphatic heterocycles. The first-order valence-electron chi connectivity index (χ1n) is 9.89. The molecule has 0 spiro atoms. The fraction of sp³-hybridized carbons (Fsp3) is 0.476. The molecular formula is C21H30N2O5S2. The predicted molar refractivity (Wildman–Crippen MR) is 119 cm³/mol. The van der Waals surface area contributed by atoms with Gasteiger partial charge in [0.05, 0.1) is 25.8 Å². The van der Waals surface area contributed by atoms with Gasteiger partial charge < -0.3 is 14.8 Å². The Morgan fingerprint density at radius 3 is 2.37 bits per heavy atom. The van der Waals surface area contributed by atoms with Crippen molar-refractivity contribution in [1.29, 1.82) is 0 Å². The summed E-state index contributed by atoms with van der Waals surface area (Å²) in [5.41, 5.74) is 0.869. The van der Waals surface area contributed by atoms with Gasteiger partial charge in [0.1, 0.15) is 4.21 Å². The van der Waals surface area contributed by atoms with Crippen LogP contribution >= 0.6 is 11.3 Å². The number of sulfonamides is 1. The molecule has 7 nitrogen and oxygen atoms in total. The number of nitrogens with one attached hydrogen (secondary N) is 1. The van der Waals surface area contributed by atoms with E-state index < -0.39 is 10.0 Å². The summed E-state index contributed by atoms with van der Waals surface area (Å²) in [4.78, 5) is 12.7. The molecule has 0 aliphatic carbocycles. The van der Waals surface area contributed by atoms with E-state index in [2.05, 4.69) is 5.32 Å². The number of thiophene rings is 1. The summed E-state index contributed by atoms with van der Waals surface area (Å²) in [7, 11) is -2.28. The van der Waals surface area contributed by atoms with Gasteiger partial charge in [0.2, 0.25) is 5.91 Å². The van der Waals surface area contributed by atoms with Crippen LogP contribution in [0.25, 0.3) is 0 Å². The third kappa shape index (κ3) is 5.96. The van der Waals surface area contributed by atoms with Crippen LogP contribution in [0.3, 0.4) is 0 Å². The first kappa shape index (κ1) is 24.2. The third-order valence-corrected chi connectivity index (χ3v) is 7.61. The van der Waals surface area contributed by atoms with Gasteiger partial charge in [0.25, 0.3) is 10.0 Å². The van der Waals surface area contributed by atoms with Crippen LogP contribution in [0.1, 0.15) is 39.3 Å². The lowest BCUT2D eigenvalue weighted by molar-refractivity contribution is -0.122.